The van der Waals surface area contributed by atoms with Crippen molar-refractivity contribution in [2.24, 2.45) is 10.7 Å². The van der Waals surface area contributed by atoms with Crippen LogP contribution in [0.3, 0.4) is 0 Å². The normalized spacial score (nSPS) is 11.5. The summed E-state index contributed by atoms with van der Waals surface area (Å²) in [6.07, 6.45) is 5.03. The molecule has 33 heavy (non-hydrogen) atoms. The predicted octanol–water partition coefficient (Wildman–Crippen LogP) is 5.67. The molecule has 3 aromatic heterocycles. The van der Waals surface area contributed by atoms with Gasteiger partial charge in [0.2, 0.25) is 0 Å². The number of benzene rings is 2. The maximum absolute atomic E-state index is 6.10. The fraction of sp³-hybridized carbons (Fsp3) is 0.0385. The largest absolute Gasteiger partial charge is 0.383 e. The van der Waals surface area contributed by atoms with E-state index in [4.69, 9.17) is 10.7 Å². The molecule has 0 fully saturated rings. The number of aliphatic imine (C=N–C) groups is 1. The molecule has 0 spiro atoms. The van der Waals surface area contributed by atoms with E-state index in [1.165, 1.54) is 11.1 Å². The minimum Gasteiger partial charge on any atom is -0.383 e. The quantitative estimate of drug-likeness (QED) is 0.276. The lowest BCUT2D eigenvalue weighted by molar-refractivity contribution is 1.13. The van der Waals surface area contributed by atoms with Crippen molar-refractivity contribution in [1.29, 1.82) is 0 Å². The van der Waals surface area contributed by atoms with Crippen LogP contribution >= 0.6 is 11.3 Å². The summed E-state index contributed by atoms with van der Waals surface area (Å²) in [5, 5.41) is 0.945. The summed E-state index contributed by atoms with van der Waals surface area (Å²) in [6.45, 7) is 1.99. The van der Waals surface area contributed by atoms with Gasteiger partial charge in [0.15, 0.2) is 0 Å². The minimum absolute atomic E-state index is 0.301. The summed E-state index contributed by atoms with van der Waals surface area (Å²) >= 11 is 1.60. The van der Waals surface area contributed by atoms with Crippen LogP contribution in [0.4, 0.5) is 5.95 Å². The van der Waals surface area contributed by atoms with E-state index >= 15 is 0 Å². The first-order valence-electron chi connectivity index (χ1n) is 10.4. The zero-order valence-electron chi connectivity index (χ0n) is 17.9. The molecule has 0 atom stereocenters. The smallest absolute Gasteiger partial charge is 0.251 e. The van der Waals surface area contributed by atoms with E-state index in [-0.39, 0.29) is 0 Å². The molecule has 0 amide bonds. The van der Waals surface area contributed by atoms with E-state index < -0.39 is 0 Å². The Labute approximate surface area is 195 Å². The number of aromatic nitrogens is 4. The van der Waals surface area contributed by atoms with Crippen molar-refractivity contribution in [3.63, 3.8) is 0 Å². The molecule has 7 heteroatoms. The molecule has 0 unspecified atom stereocenters. The molecular weight excluding hydrogens is 428 g/mol. The molecule has 0 aliphatic heterocycles. The maximum atomic E-state index is 6.10. The van der Waals surface area contributed by atoms with Crippen LogP contribution in [0.2, 0.25) is 0 Å². The van der Waals surface area contributed by atoms with Crippen LogP contribution in [-0.4, -0.2) is 25.8 Å². The van der Waals surface area contributed by atoms with Crippen molar-refractivity contribution in [3.05, 3.63) is 103 Å². The van der Waals surface area contributed by atoms with E-state index in [0.717, 1.165) is 32.4 Å². The number of pyridine rings is 1. The third-order valence-corrected chi connectivity index (χ3v) is 6.32. The van der Waals surface area contributed by atoms with Gasteiger partial charge in [-0.2, -0.15) is 4.99 Å². The second-order valence-electron chi connectivity index (χ2n) is 7.36. The first-order chi connectivity index (χ1) is 16.2. The zero-order chi connectivity index (χ0) is 22.6. The molecule has 5 aromatic rings. The summed E-state index contributed by atoms with van der Waals surface area (Å²) < 4.78 is 0. The van der Waals surface area contributed by atoms with Gasteiger partial charge in [-0.25, -0.2) is 15.0 Å². The molecule has 160 valence electrons. The van der Waals surface area contributed by atoms with Crippen molar-refractivity contribution in [3.8, 4) is 32.3 Å². The van der Waals surface area contributed by atoms with Gasteiger partial charge in [0.05, 0.1) is 16.3 Å². The molecule has 2 aromatic carbocycles. The Morgan fingerprint density at radius 1 is 0.818 bits per heavy atom. The first-order valence-corrected chi connectivity index (χ1v) is 11.2. The fourth-order valence-electron chi connectivity index (χ4n) is 3.41. The monoisotopic (exact) mass is 448 g/mol. The number of rotatable bonds is 5. The number of amidine groups is 1. The average molecular weight is 449 g/mol. The fourth-order valence-corrected chi connectivity index (χ4v) is 4.45. The third kappa shape index (κ3) is 4.53. The van der Waals surface area contributed by atoms with Gasteiger partial charge in [0.1, 0.15) is 10.8 Å². The molecule has 0 saturated heterocycles. The van der Waals surface area contributed by atoms with E-state index in [2.05, 4.69) is 56.3 Å². The molecule has 0 bridgehead atoms. The Hall–Kier alpha value is -4.23. The molecule has 0 radical (unpaired) electrons. The number of aryl methyl sites for hydroxylation is 1. The summed E-state index contributed by atoms with van der Waals surface area (Å²) in [5.41, 5.74) is 11.9. The molecule has 0 saturated carbocycles. The number of nitrogens with zero attached hydrogens (tertiary/aromatic N) is 5. The Balaban J connectivity index is 1.43. The highest BCUT2D eigenvalue weighted by molar-refractivity contribution is 7.18. The lowest BCUT2D eigenvalue weighted by Crippen LogP contribution is -2.13. The number of thiazole rings is 1. The molecule has 5 rings (SSSR count). The van der Waals surface area contributed by atoms with Gasteiger partial charge in [-0.15, -0.1) is 11.3 Å². The Morgan fingerprint density at radius 2 is 1.58 bits per heavy atom. The van der Waals surface area contributed by atoms with Crippen molar-refractivity contribution >= 4 is 23.1 Å². The second-order valence-corrected chi connectivity index (χ2v) is 8.36. The van der Waals surface area contributed by atoms with Crippen molar-refractivity contribution in [2.75, 3.05) is 0 Å². The third-order valence-electron chi connectivity index (χ3n) is 5.09. The Bertz CT molecular complexity index is 1410. The Morgan fingerprint density at radius 3 is 2.33 bits per heavy atom. The van der Waals surface area contributed by atoms with Crippen LogP contribution in [0.25, 0.3) is 32.3 Å². The van der Waals surface area contributed by atoms with Crippen molar-refractivity contribution < 1.29 is 0 Å². The summed E-state index contributed by atoms with van der Waals surface area (Å²) in [6, 6.07) is 24.3. The number of nitrogens with two attached hydrogens (primary N) is 1. The van der Waals surface area contributed by atoms with Gasteiger partial charge in [-0.05, 0) is 36.2 Å². The standard InChI is InChI=1S/C26H20N6S/c1-17-23(22-13-15-29-26(31-22)32-24(27)21-8-5-14-28-16-21)33-25(30-17)20-11-9-19(10-12-20)18-6-3-2-4-7-18/h2-16H,1H3,(H2,27,29,31,32). The predicted molar refractivity (Wildman–Crippen MR) is 133 cm³/mol. The van der Waals surface area contributed by atoms with Gasteiger partial charge < -0.3 is 5.73 Å². The van der Waals surface area contributed by atoms with Crippen LogP contribution in [0.5, 0.6) is 0 Å². The minimum atomic E-state index is 0.301. The van der Waals surface area contributed by atoms with E-state index in [0.29, 0.717) is 11.8 Å². The van der Waals surface area contributed by atoms with Gasteiger partial charge >= 0.3 is 0 Å². The molecule has 3 heterocycles. The number of hydrogen-bond acceptors (Lipinski definition) is 6. The summed E-state index contributed by atoms with van der Waals surface area (Å²) in [7, 11) is 0. The molecular formula is C26H20N6S. The summed E-state index contributed by atoms with van der Waals surface area (Å²) in [4.78, 5) is 23.1. The highest BCUT2D eigenvalue weighted by atomic mass is 32.1. The summed E-state index contributed by atoms with van der Waals surface area (Å²) in [5.74, 6) is 0.621. The van der Waals surface area contributed by atoms with Crippen LogP contribution in [0, 0.1) is 6.92 Å². The van der Waals surface area contributed by atoms with Crippen LogP contribution < -0.4 is 5.73 Å². The molecule has 0 aliphatic carbocycles. The molecule has 6 nitrogen and oxygen atoms in total. The molecule has 0 aliphatic rings. The zero-order valence-corrected chi connectivity index (χ0v) is 18.7. The maximum Gasteiger partial charge on any atom is 0.251 e. The van der Waals surface area contributed by atoms with Crippen LogP contribution in [0.15, 0.2) is 96.4 Å². The van der Waals surface area contributed by atoms with Gasteiger partial charge in [-0.3, -0.25) is 4.98 Å². The van der Waals surface area contributed by atoms with Crippen LogP contribution in [-0.2, 0) is 0 Å². The van der Waals surface area contributed by atoms with E-state index in [1.54, 1.807) is 29.9 Å². The molecule has 2 N–H and O–H groups in total. The lowest BCUT2D eigenvalue weighted by atomic mass is 10.0. The Kier molecular flexibility index (Phi) is 5.70. The van der Waals surface area contributed by atoms with Crippen molar-refractivity contribution in [2.45, 2.75) is 6.92 Å². The van der Waals surface area contributed by atoms with Gasteiger partial charge in [-0.1, -0.05) is 54.6 Å². The highest BCUT2D eigenvalue weighted by Gasteiger charge is 2.14. The number of hydrogen-bond donors (Lipinski definition) is 1. The lowest BCUT2D eigenvalue weighted by Gasteiger charge is -2.02. The van der Waals surface area contributed by atoms with E-state index in [1.807, 2.05) is 43.3 Å². The van der Waals surface area contributed by atoms with Gasteiger partial charge in [0, 0.05) is 29.7 Å². The average Bonchev–Trinajstić information content (AvgIpc) is 3.27. The van der Waals surface area contributed by atoms with Crippen molar-refractivity contribution in [1.82, 2.24) is 19.9 Å². The van der Waals surface area contributed by atoms with E-state index in [9.17, 15) is 0 Å². The second kappa shape index (κ2) is 9.10. The topological polar surface area (TPSA) is 89.9 Å². The van der Waals surface area contributed by atoms with Crippen LogP contribution in [0.1, 0.15) is 11.3 Å². The first kappa shape index (κ1) is 20.7. The highest BCUT2D eigenvalue weighted by Crippen LogP contribution is 2.35. The van der Waals surface area contributed by atoms with Gasteiger partial charge in [0.25, 0.3) is 5.95 Å². The SMILES string of the molecule is Cc1nc(-c2ccc(-c3ccccc3)cc2)sc1-c1ccnc(/N=C(/N)c2cccnc2)n1.